The number of fused-ring (bicyclic) bond motifs is 3. The van der Waals surface area contributed by atoms with Crippen LogP contribution in [0.4, 0.5) is 18.9 Å². The molecule has 1 amide bonds. The molecule has 2 N–H and O–H groups in total. The van der Waals surface area contributed by atoms with Gasteiger partial charge in [-0.05, 0) is 43.5 Å². The molecule has 1 fully saturated rings. The topological polar surface area (TPSA) is 76.7 Å². The zero-order chi connectivity index (χ0) is 23.6. The lowest BCUT2D eigenvalue weighted by atomic mass is 9.76. The van der Waals surface area contributed by atoms with Crippen LogP contribution in [0.5, 0.6) is 0 Å². The van der Waals surface area contributed by atoms with E-state index in [2.05, 4.69) is 15.4 Å². The fourth-order valence-corrected chi connectivity index (χ4v) is 4.55. The smallest absolute Gasteiger partial charge is 0.416 e. The summed E-state index contributed by atoms with van der Waals surface area (Å²) in [7, 11) is 0. The highest BCUT2D eigenvalue weighted by Crippen LogP contribution is 2.51. The predicted octanol–water partition coefficient (Wildman–Crippen LogP) is 4.39. The number of hydrogen-bond donors (Lipinski definition) is 2. The lowest BCUT2D eigenvalue weighted by Gasteiger charge is -2.46. The Morgan fingerprint density at radius 3 is 2.61 bits per heavy atom. The third-order valence-corrected chi connectivity index (χ3v) is 6.08. The second-order valence-corrected chi connectivity index (χ2v) is 8.18. The first kappa shape index (κ1) is 23.1. The van der Waals surface area contributed by atoms with Crippen molar-refractivity contribution in [1.29, 1.82) is 0 Å². The van der Waals surface area contributed by atoms with Crippen LogP contribution in [0.2, 0.25) is 0 Å². The van der Waals surface area contributed by atoms with E-state index in [1.165, 1.54) is 6.07 Å². The SMILES string of the molecule is CCOC(=O)C(=O)NCC1CC[C@H]2[C@H](O1)c1cc(C(F)(F)F)ccc1N[C@H]2c1ccccc1. The van der Waals surface area contributed by atoms with Crippen molar-refractivity contribution in [2.45, 2.75) is 44.2 Å². The normalized spacial score (nSPS) is 24.1. The van der Waals surface area contributed by atoms with Crippen LogP contribution < -0.4 is 10.6 Å². The highest BCUT2D eigenvalue weighted by Gasteiger charge is 2.43. The molecule has 1 saturated heterocycles. The van der Waals surface area contributed by atoms with Crippen molar-refractivity contribution in [1.82, 2.24) is 5.32 Å². The summed E-state index contributed by atoms with van der Waals surface area (Å²) in [5, 5.41) is 5.91. The van der Waals surface area contributed by atoms with E-state index in [1.54, 1.807) is 6.92 Å². The lowest BCUT2D eigenvalue weighted by molar-refractivity contribution is -0.155. The molecule has 2 heterocycles. The first-order valence-electron chi connectivity index (χ1n) is 10.9. The number of alkyl halides is 3. The third kappa shape index (κ3) is 4.98. The summed E-state index contributed by atoms with van der Waals surface area (Å²) in [6.45, 7) is 1.75. The maximum atomic E-state index is 13.4. The quantitative estimate of drug-likeness (QED) is 0.521. The number of esters is 1. The van der Waals surface area contributed by atoms with Crippen molar-refractivity contribution in [3.8, 4) is 0 Å². The fourth-order valence-electron chi connectivity index (χ4n) is 4.55. The van der Waals surface area contributed by atoms with Crippen molar-refractivity contribution >= 4 is 17.6 Å². The number of anilines is 1. The van der Waals surface area contributed by atoms with Gasteiger partial charge in [-0.15, -0.1) is 0 Å². The van der Waals surface area contributed by atoms with Crippen LogP contribution in [0.25, 0.3) is 0 Å². The average Bonchev–Trinajstić information content (AvgIpc) is 2.81. The number of amides is 1. The summed E-state index contributed by atoms with van der Waals surface area (Å²) in [5.41, 5.74) is 1.33. The number of ether oxygens (including phenoxy) is 2. The Labute approximate surface area is 189 Å². The van der Waals surface area contributed by atoms with Gasteiger partial charge in [0.15, 0.2) is 0 Å². The Kier molecular flexibility index (Phi) is 6.60. The van der Waals surface area contributed by atoms with Crippen molar-refractivity contribution < 1.29 is 32.2 Å². The van der Waals surface area contributed by atoms with Gasteiger partial charge < -0.3 is 20.1 Å². The van der Waals surface area contributed by atoms with E-state index in [0.29, 0.717) is 24.1 Å². The minimum Gasteiger partial charge on any atom is -0.459 e. The van der Waals surface area contributed by atoms with Gasteiger partial charge in [-0.3, -0.25) is 4.79 Å². The molecular formula is C24H25F3N2O4. The molecule has 9 heteroatoms. The van der Waals surface area contributed by atoms with Crippen molar-refractivity contribution in [2.24, 2.45) is 5.92 Å². The van der Waals surface area contributed by atoms with E-state index in [4.69, 9.17) is 4.74 Å². The number of rotatable bonds is 4. The van der Waals surface area contributed by atoms with Crippen LogP contribution in [0.1, 0.15) is 48.6 Å². The maximum Gasteiger partial charge on any atom is 0.416 e. The standard InChI is InChI=1S/C24H25F3N2O4/c1-2-32-23(31)22(30)28-13-16-9-10-17-20(14-6-4-3-5-7-14)29-19-11-8-15(24(25,26)27)12-18(19)21(17)33-16/h3-8,11-12,16-17,20-21,29H,2,9-10,13H2,1H3,(H,28,30)/t16?,17-,20+,21+/m1/s1. The average molecular weight is 462 g/mol. The molecule has 33 heavy (non-hydrogen) atoms. The Morgan fingerprint density at radius 1 is 1.15 bits per heavy atom. The molecule has 2 aromatic carbocycles. The third-order valence-electron chi connectivity index (χ3n) is 6.08. The first-order chi connectivity index (χ1) is 15.8. The summed E-state index contributed by atoms with van der Waals surface area (Å²) in [6, 6.07) is 13.2. The first-order valence-corrected chi connectivity index (χ1v) is 10.9. The van der Waals surface area contributed by atoms with E-state index in [9.17, 15) is 22.8 Å². The van der Waals surface area contributed by atoms with Crippen LogP contribution in [0, 0.1) is 5.92 Å². The Balaban J connectivity index is 1.59. The lowest BCUT2D eigenvalue weighted by Crippen LogP contribution is -2.44. The van der Waals surface area contributed by atoms with E-state index < -0.39 is 35.8 Å². The Bertz CT molecular complexity index is 1010. The highest BCUT2D eigenvalue weighted by molar-refractivity contribution is 6.32. The van der Waals surface area contributed by atoms with Crippen molar-refractivity contribution in [3.05, 3.63) is 65.2 Å². The number of nitrogens with one attached hydrogen (secondary N) is 2. The van der Waals surface area contributed by atoms with Gasteiger partial charge in [-0.25, -0.2) is 4.79 Å². The van der Waals surface area contributed by atoms with Crippen molar-refractivity contribution in [3.63, 3.8) is 0 Å². The van der Waals surface area contributed by atoms with Crippen LogP contribution >= 0.6 is 0 Å². The molecule has 0 saturated carbocycles. The van der Waals surface area contributed by atoms with Gasteiger partial charge in [-0.2, -0.15) is 13.2 Å². The largest absolute Gasteiger partial charge is 0.459 e. The second kappa shape index (κ2) is 9.43. The van der Waals surface area contributed by atoms with Gasteiger partial charge in [-0.1, -0.05) is 30.3 Å². The minimum atomic E-state index is -4.47. The van der Waals surface area contributed by atoms with E-state index >= 15 is 0 Å². The highest BCUT2D eigenvalue weighted by atomic mass is 19.4. The number of carbonyl (C=O) groups is 2. The zero-order valence-electron chi connectivity index (χ0n) is 18.0. The molecule has 0 aromatic heterocycles. The van der Waals surface area contributed by atoms with E-state index in [-0.39, 0.29) is 25.1 Å². The summed E-state index contributed by atoms with van der Waals surface area (Å²) in [6.07, 6.45) is -4.24. The minimum absolute atomic E-state index is 0.0681. The summed E-state index contributed by atoms with van der Waals surface area (Å²) < 4.78 is 51.1. The van der Waals surface area contributed by atoms with Crippen LogP contribution in [0.15, 0.2) is 48.5 Å². The number of halogens is 3. The van der Waals surface area contributed by atoms with Gasteiger partial charge in [0.05, 0.1) is 30.4 Å². The molecule has 4 rings (SSSR count). The molecule has 0 radical (unpaired) electrons. The predicted molar refractivity (Wildman–Crippen MR) is 114 cm³/mol. The number of carbonyl (C=O) groups excluding carboxylic acids is 2. The summed E-state index contributed by atoms with van der Waals surface area (Å²) >= 11 is 0. The zero-order valence-corrected chi connectivity index (χ0v) is 18.0. The van der Waals surface area contributed by atoms with E-state index in [1.807, 2.05) is 30.3 Å². The summed E-state index contributed by atoms with van der Waals surface area (Å²) in [4.78, 5) is 23.4. The molecule has 2 aromatic rings. The van der Waals surface area contributed by atoms with Gasteiger partial charge in [0.2, 0.25) is 0 Å². The van der Waals surface area contributed by atoms with Gasteiger partial charge in [0.25, 0.3) is 0 Å². The molecule has 0 aliphatic carbocycles. The molecule has 2 aliphatic rings. The Morgan fingerprint density at radius 2 is 1.91 bits per heavy atom. The molecule has 0 spiro atoms. The molecule has 1 unspecified atom stereocenters. The van der Waals surface area contributed by atoms with Gasteiger partial charge in [0, 0.05) is 23.7 Å². The molecule has 2 aliphatic heterocycles. The Hall–Kier alpha value is -3.07. The fraction of sp³-hybridized carbons (Fsp3) is 0.417. The molecule has 176 valence electrons. The van der Waals surface area contributed by atoms with E-state index in [0.717, 1.165) is 17.7 Å². The molecular weight excluding hydrogens is 437 g/mol. The molecule has 4 atom stereocenters. The molecule has 0 bridgehead atoms. The van der Waals surface area contributed by atoms with Crippen LogP contribution in [-0.4, -0.2) is 31.1 Å². The van der Waals surface area contributed by atoms with Crippen LogP contribution in [0.3, 0.4) is 0 Å². The van der Waals surface area contributed by atoms with Crippen LogP contribution in [-0.2, 0) is 25.2 Å². The second-order valence-electron chi connectivity index (χ2n) is 8.18. The number of hydrogen-bond acceptors (Lipinski definition) is 5. The van der Waals surface area contributed by atoms with Crippen molar-refractivity contribution in [2.75, 3.05) is 18.5 Å². The molecule has 6 nitrogen and oxygen atoms in total. The summed E-state index contributed by atoms with van der Waals surface area (Å²) in [5.74, 6) is -1.94. The maximum absolute atomic E-state index is 13.4. The monoisotopic (exact) mass is 462 g/mol. The van der Waals surface area contributed by atoms with Gasteiger partial charge in [0.1, 0.15) is 0 Å². The number of benzene rings is 2. The van der Waals surface area contributed by atoms with Gasteiger partial charge >= 0.3 is 18.1 Å².